The molecular formula is C14H14ClFN2. The number of pyridine rings is 1. The predicted molar refractivity (Wildman–Crippen MR) is 72.9 cm³/mol. The fourth-order valence-corrected chi connectivity index (χ4v) is 1.94. The van der Waals surface area contributed by atoms with Gasteiger partial charge in [-0.2, -0.15) is 0 Å². The highest BCUT2D eigenvalue weighted by Gasteiger charge is 2.09. The Balaban J connectivity index is 2.35. The van der Waals surface area contributed by atoms with E-state index < -0.39 is 0 Å². The lowest BCUT2D eigenvalue weighted by atomic mass is 10.2. The Morgan fingerprint density at radius 1 is 1.17 bits per heavy atom. The highest BCUT2D eigenvalue weighted by molar-refractivity contribution is 6.16. The summed E-state index contributed by atoms with van der Waals surface area (Å²) >= 11 is 5.78. The van der Waals surface area contributed by atoms with E-state index in [1.807, 2.05) is 30.0 Å². The van der Waals surface area contributed by atoms with E-state index in [1.165, 1.54) is 12.1 Å². The molecule has 2 aromatic rings. The van der Waals surface area contributed by atoms with Crippen LogP contribution < -0.4 is 4.90 Å². The summed E-state index contributed by atoms with van der Waals surface area (Å²) in [7, 11) is 0. The van der Waals surface area contributed by atoms with Gasteiger partial charge in [-0.05, 0) is 43.3 Å². The fraction of sp³-hybridized carbons (Fsp3) is 0.214. The summed E-state index contributed by atoms with van der Waals surface area (Å²) in [6, 6.07) is 12.1. The highest BCUT2D eigenvalue weighted by Crippen LogP contribution is 2.23. The SMILES string of the molecule is CCN(c1ccc(F)cc1)c1cccc(CCl)n1. The van der Waals surface area contributed by atoms with Gasteiger partial charge in [-0.25, -0.2) is 9.37 Å². The first-order valence-corrected chi connectivity index (χ1v) is 6.33. The quantitative estimate of drug-likeness (QED) is 0.773. The highest BCUT2D eigenvalue weighted by atomic mass is 35.5. The van der Waals surface area contributed by atoms with E-state index in [4.69, 9.17) is 11.6 Å². The lowest BCUT2D eigenvalue weighted by Gasteiger charge is -2.22. The number of benzene rings is 1. The number of alkyl halides is 1. The van der Waals surface area contributed by atoms with Gasteiger partial charge in [-0.3, -0.25) is 0 Å². The molecule has 0 amide bonds. The summed E-state index contributed by atoms with van der Waals surface area (Å²) in [6.45, 7) is 2.78. The van der Waals surface area contributed by atoms with Gasteiger partial charge in [0.05, 0.1) is 11.6 Å². The second kappa shape index (κ2) is 5.83. The molecule has 0 radical (unpaired) electrons. The molecule has 0 spiro atoms. The number of nitrogens with zero attached hydrogens (tertiary/aromatic N) is 2. The van der Waals surface area contributed by atoms with Gasteiger partial charge in [0.25, 0.3) is 0 Å². The Kier molecular flexibility index (Phi) is 4.15. The summed E-state index contributed by atoms with van der Waals surface area (Å²) in [5.41, 5.74) is 1.74. The van der Waals surface area contributed by atoms with Crippen LogP contribution in [0.2, 0.25) is 0 Å². The van der Waals surface area contributed by atoms with Crippen molar-refractivity contribution in [1.82, 2.24) is 4.98 Å². The molecule has 0 aliphatic heterocycles. The third-order valence-corrected chi connectivity index (χ3v) is 2.93. The number of anilines is 2. The summed E-state index contributed by atoms with van der Waals surface area (Å²) in [6.07, 6.45) is 0. The Labute approximate surface area is 111 Å². The first-order valence-electron chi connectivity index (χ1n) is 5.79. The number of hydrogen-bond donors (Lipinski definition) is 0. The van der Waals surface area contributed by atoms with Crippen molar-refractivity contribution in [3.8, 4) is 0 Å². The van der Waals surface area contributed by atoms with E-state index in [2.05, 4.69) is 4.98 Å². The molecule has 0 saturated carbocycles. The molecule has 0 atom stereocenters. The maximum absolute atomic E-state index is 12.9. The molecule has 4 heteroatoms. The molecule has 0 aliphatic carbocycles. The van der Waals surface area contributed by atoms with Gasteiger partial charge in [0.15, 0.2) is 0 Å². The second-order valence-corrected chi connectivity index (χ2v) is 4.11. The summed E-state index contributed by atoms with van der Waals surface area (Å²) in [5.74, 6) is 0.967. The number of hydrogen-bond acceptors (Lipinski definition) is 2. The fourth-order valence-electron chi connectivity index (χ4n) is 1.79. The third-order valence-electron chi connectivity index (χ3n) is 2.66. The van der Waals surface area contributed by atoms with Gasteiger partial charge in [0, 0.05) is 12.2 Å². The van der Waals surface area contributed by atoms with E-state index >= 15 is 0 Å². The normalized spacial score (nSPS) is 10.4. The topological polar surface area (TPSA) is 16.1 Å². The van der Waals surface area contributed by atoms with Crippen LogP contribution in [0, 0.1) is 5.82 Å². The molecule has 2 nitrogen and oxygen atoms in total. The minimum atomic E-state index is -0.239. The van der Waals surface area contributed by atoms with Crippen molar-refractivity contribution in [2.75, 3.05) is 11.4 Å². The van der Waals surface area contributed by atoms with E-state index in [0.717, 1.165) is 23.7 Å². The lowest BCUT2D eigenvalue weighted by Crippen LogP contribution is -2.17. The molecule has 0 aliphatic rings. The summed E-state index contributed by atoms with van der Waals surface area (Å²) in [4.78, 5) is 6.47. The van der Waals surface area contributed by atoms with Crippen LogP contribution in [0.3, 0.4) is 0 Å². The number of rotatable bonds is 4. The molecule has 0 N–H and O–H groups in total. The zero-order valence-electron chi connectivity index (χ0n) is 10.1. The maximum Gasteiger partial charge on any atom is 0.133 e. The average Bonchev–Trinajstić information content (AvgIpc) is 2.42. The summed E-state index contributed by atoms with van der Waals surface area (Å²) < 4.78 is 12.9. The zero-order chi connectivity index (χ0) is 13.0. The molecule has 18 heavy (non-hydrogen) atoms. The van der Waals surface area contributed by atoms with E-state index in [-0.39, 0.29) is 5.82 Å². The minimum absolute atomic E-state index is 0.239. The van der Waals surface area contributed by atoms with Gasteiger partial charge in [0.2, 0.25) is 0 Å². The van der Waals surface area contributed by atoms with Crippen LogP contribution in [0.1, 0.15) is 12.6 Å². The molecule has 0 unspecified atom stereocenters. The largest absolute Gasteiger partial charge is 0.327 e. The van der Waals surface area contributed by atoms with Crippen molar-refractivity contribution in [1.29, 1.82) is 0 Å². The van der Waals surface area contributed by atoms with Gasteiger partial charge in [0.1, 0.15) is 11.6 Å². The van der Waals surface area contributed by atoms with Gasteiger partial charge >= 0.3 is 0 Å². The van der Waals surface area contributed by atoms with Crippen molar-refractivity contribution in [3.05, 3.63) is 54.0 Å². The van der Waals surface area contributed by atoms with Crippen LogP contribution in [0.15, 0.2) is 42.5 Å². The van der Waals surface area contributed by atoms with Crippen LogP contribution in [-0.2, 0) is 5.88 Å². The van der Waals surface area contributed by atoms with Crippen molar-refractivity contribution < 1.29 is 4.39 Å². The Morgan fingerprint density at radius 3 is 2.50 bits per heavy atom. The molecule has 2 rings (SSSR count). The summed E-state index contributed by atoms with van der Waals surface area (Å²) in [5, 5.41) is 0. The van der Waals surface area contributed by atoms with E-state index in [9.17, 15) is 4.39 Å². The van der Waals surface area contributed by atoms with Crippen LogP contribution in [0.25, 0.3) is 0 Å². The van der Waals surface area contributed by atoms with E-state index in [1.54, 1.807) is 12.1 Å². The van der Waals surface area contributed by atoms with Crippen molar-refractivity contribution in [3.63, 3.8) is 0 Å². The average molecular weight is 265 g/mol. The van der Waals surface area contributed by atoms with Crippen molar-refractivity contribution >= 4 is 23.1 Å². The Morgan fingerprint density at radius 2 is 1.89 bits per heavy atom. The van der Waals surface area contributed by atoms with Gasteiger partial charge in [-0.15, -0.1) is 11.6 Å². The van der Waals surface area contributed by atoms with Gasteiger partial charge in [-0.1, -0.05) is 6.07 Å². The molecule has 1 aromatic heterocycles. The smallest absolute Gasteiger partial charge is 0.133 e. The maximum atomic E-state index is 12.9. The lowest BCUT2D eigenvalue weighted by molar-refractivity contribution is 0.628. The molecular weight excluding hydrogens is 251 g/mol. The monoisotopic (exact) mass is 264 g/mol. The molecule has 0 saturated heterocycles. The standard InChI is InChI=1S/C14H14ClFN2/c1-2-18(13-8-6-11(16)7-9-13)14-5-3-4-12(10-15)17-14/h3-9H,2,10H2,1H3. The molecule has 1 aromatic carbocycles. The minimum Gasteiger partial charge on any atom is -0.327 e. The van der Waals surface area contributed by atoms with E-state index in [0.29, 0.717) is 5.88 Å². The van der Waals surface area contributed by atoms with Gasteiger partial charge < -0.3 is 4.90 Å². The van der Waals surface area contributed by atoms with Crippen LogP contribution in [0.4, 0.5) is 15.9 Å². The molecule has 0 bridgehead atoms. The first kappa shape index (κ1) is 12.8. The molecule has 94 valence electrons. The van der Waals surface area contributed by atoms with Crippen LogP contribution in [-0.4, -0.2) is 11.5 Å². The van der Waals surface area contributed by atoms with Crippen LogP contribution >= 0.6 is 11.6 Å². The Bertz CT molecular complexity index is 513. The predicted octanol–water partition coefficient (Wildman–Crippen LogP) is 4.12. The number of aromatic nitrogens is 1. The molecule has 1 heterocycles. The third kappa shape index (κ3) is 2.79. The zero-order valence-corrected chi connectivity index (χ0v) is 10.9. The van der Waals surface area contributed by atoms with Crippen molar-refractivity contribution in [2.24, 2.45) is 0 Å². The van der Waals surface area contributed by atoms with Crippen molar-refractivity contribution in [2.45, 2.75) is 12.8 Å². The Hall–Kier alpha value is -1.61. The number of halogens is 2. The molecule has 0 fully saturated rings. The first-order chi connectivity index (χ1) is 8.74. The second-order valence-electron chi connectivity index (χ2n) is 3.84. The van der Waals surface area contributed by atoms with Crippen LogP contribution in [0.5, 0.6) is 0 Å².